The summed E-state index contributed by atoms with van der Waals surface area (Å²) in [6.45, 7) is 1.75. The van der Waals surface area contributed by atoms with E-state index in [0.29, 0.717) is 5.69 Å². The van der Waals surface area contributed by atoms with Gasteiger partial charge >= 0.3 is 6.09 Å². The van der Waals surface area contributed by atoms with E-state index >= 15 is 0 Å². The lowest BCUT2D eigenvalue weighted by Crippen LogP contribution is -2.38. The summed E-state index contributed by atoms with van der Waals surface area (Å²) in [5, 5.41) is 13.9. The number of carbonyl (C=O) groups excluding carboxylic acids is 1. The van der Waals surface area contributed by atoms with E-state index < -0.39 is 18.2 Å². The minimum atomic E-state index is -1.20. The highest BCUT2D eigenvalue weighted by Gasteiger charge is 2.16. The molecule has 0 bridgehead atoms. The van der Waals surface area contributed by atoms with Crippen LogP contribution in [0.1, 0.15) is 17.3 Å². The number of nitrogen functional groups attached to an aromatic ring is 1. The largest absolute Gasteiger partial charge is 0.494 e. The van der Waals surface area contributed by atoms with Crippen molar-refractivity contribution < 1.29 is 19.4 Å². The predicted octanol–water partition coefficient (Wildman–Crippen LogP) is 0.958. The summed E-state index contributed by atoms with van der Waals surface area (Å²) in [7, 11) is 1.40. The number of methoxy groups -OCH3 is 1. The number of benzene rings is 1. The quantitative estimate of drug-likeness (QED) is 0.301. The molecule has 0 aliphatic rings. The standard InChI is InChI=1S/C13H18N4O4/c1-3-4-10(17-13(19)20)16-11-8(14)5-7(12(15)18)6-9(11)21-2/h3-6,10,16-17H,14H2,1-2H3,(H2,15,18)(H,19,20). The van der Waals surface area contributed by atoms with Crippen LogP contribution in [0.15, 0.2) is 24.3 Å². The normalized spacial score (nSPS) is 11.9. The van der Waals surface area contributed by atoms with Crippen molar-refractivity contribution in [3.8, 4) is 5.75 Å². The second-order valence-electron chi connectivity index (χ2n) is 4.10. The SMILES string of the molecule is CC=CC(NC(=O)O)Nc1c(N)cc(C(N)=O)cc1OC. The number of ether oxygens (including phenoxy) is 1. The third-order valence-corrected chi connectivity index (χ3v) is 2.60. The highest BCUT2D eigenvalue weighted by Crippen LogP contribution is 2.32. The molecule has 0 aromatic heterocycles. The van der Waals surface area contributed by atoms with Crippen molar-refractivity contribution in [3.05, 3.63) is 29.8 Å². The molecule has 0 spiro atoms. The fourth-order valence-electron chi connectivity index (χ4n) is 1.71. The zero-order valence-electron chi connectivity index (χ0n) is 11.7. The van der Waals surface area contributed by atoms with Crippen molar-refractivity contribution in [2.75, 3.05) is 18.2 Å². The van der Waals surface area contributed by atoms with Crippen LogP contribution in [0.25, 0.3) is 0 Å². The van der Waals surface area contributed by atoms with E-state index in [4.69, 9.17) is 21.3 Å². The first kappa shape index (κ1) is 16.2. The highest BCUT2D eigenvalue weighted by molar-refractivity contribution is 5.96. The molecular weight excluding hydrogens is 276 g/mol. The van der Waals surface area contributed by atoms with Gasteiger partial charge in [-0.1, -0.05) is 6.08 Å². The van der Waals surface area contributed by atoms with E-state index in [1.807, 2.05) is 0 Å². The van der Waals surface area contributed by atoms with Crippen molar-refractivity contribution in [2.45, 2.75) is 13.1 Å². The smallest absolute Gasteiger partial charge is 0.406 e. The Kier molecular flexibility index (Phi) is 5.41. The molecule has 0 saturated heterocycles. The molecule has 0 heterocycles. The highest BCUT2D eigenvalue weighted by atomic mass is 16.5. The number of primary amides is 1. The molecule has 8 nitrogen and oxygen atoms in total. The van der Waals surface area contributed by atoms with Crippen LogP contribution in [-0.4, -0.2) is 30.4 Å². The van der Waals surface area contributed by atoms with Crippen molar-refractivity contribution in [1.29, 1.82) is 0 Å². The van der Waals surface area contributed by atoms with Crippen molar-refractivity contribution in [2.24, 2.45) is 5.73 Å². The maximum absolute atomic E-state index is 11.2. The summed E-state index contributed by atoms with van der Waals surface area (Å²) in [5.74, 6) is -0.356. The topological polar surface area (TPSA) is 140 Å². The van der Waals surface area contributed by atoms with Crippen LogP contribution >= 0.6 is 0 Å². The van der Waals surface area contributed by atoms with Gasteiger partial charge in [0.25, 0.3) is 0 Å². The van der Waals surface area contributed by atoms with E-state index in [0.717, 1.165) is 0 Å². The van der Waals surface area contributed by atoms with E-state index in [9.17, 15) is 9.59 Å². The Hall–Kier alpha value is -2.90. The second-order valence-corrected chi connectivity index (χ2v) is 4.10. The van der Waals surface area contributed by atoms with Crippen LogP contribution in [0.5, 0.6) is 5.75 Å². The van der Waals surface area contributed by atoms with Crippen molar-refractivity contribution in [1.82, 2.24) is 5.32 Å². The van der Waals surface area contributed by atoms with Gasteiger partial charge in [0.15, 0.2) is 0 Å². The van der Waals surface area contributed by atoms with Crippen LogP contribution in [0, 0.1) is 0 Å². The molecule has 114 valence electrons. The number of amides is 2. The summed E-state index contributed by atoms with van der Waals surface area (Å²) in [6.07, 6.45) is 1.36. The molecule has 8 heteroatoms. The molecule has 1 atom stereocenters. The lowest BCUT2D eigenvalue weighted by Gasteiger charge is -2.20. The van der Waals surface area contributed by atoms with E-state index in [2.05, 4.69) is 10.6 Å². The van der Waals surface area contributed by atoms with E-state index in [-0.39, 0.29) is 17.0 Å². The molecule has 1 rings (SSSR count). The molecule has 0 aliphatic heterocycles. The zero-order chi connectivity index (χ0) is 16.0. The van der Waals surface area contributed by atoms with Crippen LogP contribution in [0.3, 0.4) is 0 Å². The van der Waals surface area contributed by atoms with Crippen LogP contribution in [0.2, 0.25) is 0 Å². The molecule has 0 fully saturated rings. The average Bonchev–Trinajstić information content (AvgIpc) is 2.40. The molecule has 0 radical (unpaired) electrons. The van der Waals surface area contributed by atoms with Crippen LogP contribution in [0.4, 0.5) is 16.2 Å². The first-order chi connectivity index (χ1) is 9.88. The minimum Gasteiger partial charge on any atom is -0.494 e. The summed E-state index contributed by atoms with van der Waals surface area (Å²) in [5.41, 5.74) is 11.8. The Bertz CT molecular complexity index is 572. The Morgan fingerprint density at radius 2 is 2.10 bits per heavy atom. The third kappa shape index (κ3) is 4.30. The number of anilines is 2. The van der Waals surface area contributed by atoms with Crippen LogP contribution in [-0.2, 0) is 0 Å². The third-order valence-electron chi connectivity index (χ3n) is 2.60. The van der Waals surface area contributed by atoms with Crippen molar-refractivity contribution >= 4 is 23.4 Å². The monoisotopic (exact) mass is 294 g/mol. The maximum Gasteiger partial charge on any atom is 0.406 e. The molecule has 2 amide bonds. The zero-order valence-corrected chi connectivity index (χ0v) is 11.7. The van der Waals surface area contributed by atoms with E-state index in [1.165, 1.54) is 19.2 Å². The predicted molar refractivity (Wildman–Crippen MR) is 79.3 cm³/mol. The molecule has 21 heavy (non-hydrogen) atoms. The van der Waals surface area contributed by atoms with Gasteiger partial charge < -0.3 is 26.6 Å². The van der Waals surface area contributed by atoms with Gasteiger partial charge in [-0.25, -0.2) is 4.79 Å². The van der Waals surface area contributed by atoms with Gasteiger partial charge in [-0.05, 0) is 25.1 Å². The lowest BCUT2D eigenvalue weighted by atomic mass is 10.1. The molecule has 0 saturated carbocycles. The van der Waals surface area contributed by atoms with E-state index in [1.54, 1.807) is 19.1 Å². The first-order valence-corrected chi connectivity index (χ1v) is 6.05. The maximum atomic E-state index is 11.2. The number of hydrogen-bond donors (Lipinski definition) is 5. The Labute approximate surface area is 121 Å². The Morgan fingerprint density at radius 3 is 2.57 bits per heavy atom. The summed E-state index contributed by atoms with van der Waals surface area (Å²) < 4.78 is 5.15. The number of nitrogens with one attached hydrogen (secondary N) is 2. The second kappa shape index (κ2) is 7.04. The summed E-state index contributed by atoms with van der Waals surface area (Å²) >= 11 is 0. The average molecular weight is 294 g/mol. The summed E-state index contributed by atoms with van der Waals surface area (Å²) in [6, 6.07) is 2.81. The number of nitrogens with two attached hydrogens (primary N) is 2. The molecule has 1 aromatic carbocycles. The fraction of sp³-hybridized carbons (Fsp3) is 0.231. The lowest BCUT2D eigenvalue weighted by molar-refractivity contribution is 0.1000. The number of allylic oxidation sites excluding steroid dienone is 1. The van der Waals surface area contributed by atoms with Crippen molar-refractivity contribution in [3.63, 3.8) is 0 Å². The van der Waals surface area contributed by atoms with Gasteiger partial charge in [-0.3, -0.25) is 10.1 Å². The Morgan fingerprint density at radius 1 is 1.43 bits per heavy atom. The van der Waals surface area contributed by atoms with Gasteiger partial charge in [0.2, 0.25) is 5.91 Å². The molecule has 7 N–H and O–H groups in total. The number of rotatable bonds is 6. The number of hydrogen-bond acceptors (Lipinski definition) is 5. The first-order valence-electron chi connectivity index (χ1n) is 6.05. The van der Waals surface area contributed by atoms with Crippen LogP contribution < -0.4 is 26.8 Å². The van der Waals surface area contributed by atoms with Gasteiger partial charge in [0.05, 0.1) is 12.8 Å². The molecule has 1 aromatic rings. The molecular formula is C13H18N4O4. The fourth-order valence-corrected chi connectivity index (χ4v) is 1.71. The van der Waals surface area contributed by atoms with Gasteiger partial charge in [-0.2, -0.15) is 0 Å². The summed E-state index contributed by atoms with van der Waals surface area (Å²) in [4.78, 5) is 21.9. The van der Waals surface area contributed by atoms with Gasteiger partial charge in [0.1, 0.15) is 17.6 Å². The molecule has 1 unspecified atom stereocenters. The van der Waals surface area contributed by atoms with Gasteiger partial charge in [-0.15, -0.1) is 0 Å². The minimum absolute atomic E-state index is 0.198. The molecule has 0 aliphatic carbocycles. The van der Waals surface area contributed by atoms with Gasteiger partial charge in [0, 0.05) is 5.56 Å². The number of carbonyl (C=O) groups is 2. The Balaban J connectivity index is 3.16. The number of carboxylic acid groups (broad SMARTS) is 1.